The number of unbranched alkanes of at least 4 members (excludes halogenated alkanes) is 1. The minimum absolute atomic E-state index is 0.152. The molecule has 2 aromatic rings. The van der Waals surface area contributed by atoms with E-state index < -0.39 is 23.6 Å². The third kappa shape index (κ3) is 8.34. The molecule has 0 bridgehead atoms. The molecule has 0 amide bonds. The first kappa shape index (κ1) is 26.0. The van der Waals surface area contributed by atoms with Gasteiger partial charge in [0.25, 0.3) is 0 Å². The average Bonchev–Trinajstić information content (AvgIpc) is 3.16. The number of fused-ring (bicyclic) bond motifs is 1. The van der Waals surface area contributed by atoms with Gasteiger partial charge in [0, 0.05) is 33.8 Å². The molecule has 0 aliphatic rings. The lowest BCUT2D eigenvalue weighted by Crippen LogP contribution is -2.36. The van der Waals surface area contributed by atoms with E-state index >= 15 is 0 Å². The van der Waals surface area contributed by atoms with Gasteiger partial charge in [-0.1, -0.05) is 56.4 Å². The van der Waals surface area contributed by atoms with Crippen molar-refractivity contribution < 1.29 is 24.9 Å². The number of hydrogen-bond acceptors (Lipinski definition) is 5. The monoisotopic (exact) mass is 458 g/mol. The fourth-order valence-corrected chi connectivity index (χ4v) is 4.67. The van der Waals surface area contributed by atoms with Gasteiger partial charge in [-0.3, -0.25) is 4.79 Å². The second kappa shape index (κ2) is 12.7. The van der Waals surface area contributed by atoms with Gasteiger partial charge in [0.2, 0.25) is 0 Å². The Morgan fingerprint density at radius 3 is 2.53 bits per heavy atom. The first-order chi connectivity index (χ1) is 15.2. The van der Waals surface area contributed by atoms with E-state index in [4.69, 9.17) is 5.11 Å². The van der Waals surface area contributed by atoms with Crippen LogP contribution in [0.4, 0.5) is 0 Å². The largest absolute Gasteiger partial charge is 0.481 e. The van der Waals surface area contributed by atoms with Crippen LogP contribution in [-0.2, 0) is 16.0 Å². The van der Waals surface area contributed by atoms with E-state index in [2.05, 4.69) is 18.2 Å². The Bertz CT molecular complexity index is 894. The molecule has 5 nitrogen and oxygen atoms in total. The van der Waals surface area contributed by atoms with Gasteiger partial charge < -0.3 is 20.1 Å². The third-order valence-corrected chi connectivity index (χ3v) is 6.67. The number of carboxylic acid groups (broad SMARTS) is 1. The molecule has 1 heterocycles. The molecule has 0 aliphatic carbocycles. The van der Waals surface area contributed by atoms with Crippen LogP contribution in [0.5, 0.6) is 0 Å². The molecule has 3 atom stereocenters. The number of hydrogen-bond donors (Lipinski definition) is 3. The summed E-state index contributed by atoms with van der Waals surface area (Å²) < 4.78 is 1.19. The van der Waals surface area contributed by atoms with Crippen LogP contribution in [-0.4, -0.2) is 39.8 Å². The van der Waals surface area contributed by atoms with Gasteiger partial charge in [-0.2, -0.15) is 0 Å². The molecule has 0 aliphatic heterocycles. The highest BCUT2D eigenvalue weighted by Gasteiger charge is 2.32. The Kier molecular flexibility index (Phi) is 10.3. The number of carbonyl (C=O) groups excluding carboxylic acids is 1. The molecule has 0 fully saturated rings. The Morgan fingerprint density at radius 2 is 1.84 bits per heavy atom. The lowest BCUT2D eigenvalue weighted by atomic mass is 9.78. The molecule has 0 saturated carbocycles. The van der Waals surface area contributed by atoms with Crippen molar-refractivity contribution in [3.05, 3.63) is 59.5 Å². The van der Waals surface area contributed by atoms with E-state index in [1.165, 1.54) is 10.1 Å². The van der Waals surface area contributed by atoms with Gasteiger partial charge in [-0.05, 0) is 43.2 Å². The molecule has 3 N–H and O–H groups in total. The Hall–Kier alpha value is -2.28. The van der Waals surface area contributed by atoms with Crippen molar-refractivity contribution in [1.29, 1.82) is 0 Å². The van der Waals surface area contributed by atoms with E-state index in [9.17, 15) is 19.8 Å². The number of thiophene rings is 1. The number of carboxylic acids is 1. The number of aldehydes is 1. The average molecular weight is 459 g/mol. The summed E-state index contributed by atoms with van der Waals surface area (Å²) in [6.07, 6.45) is 9.98. The van der Waals surface area contributed by atoms with E-state index in [-0.39, 0.29) is 12.3 Å². The van der Waals surface area contributed by atoms with Crippen molar-refractivity contribution in [2.75, 3.05) is 0 Å². The van der Waals surface area contributed by atoms with Crippen LogP contribution >= 0.6 is 11.3 Å². The molecule has 0 saturated heterocycles. The standard InChI is InChI=1S/C26H34O5S/c1-26(2,18-27)25(31)19(10-6-4-3-5-7-13-24(29)30)14-15-21(28)17-22-16-20-11-8-9-12-23(20)32-22/h3-4,8-9,11-12,14-16,18-19,21,25,28,31H,5-7,10,13,17H2,1-2H3,(H,29,30). The zero-order valence-corrected chi connectivity index (χ0v) is 19.6. The fourth-order valence-electron chi connectivity index (χ4n) is 3.56. The highest BCUT2D eigenvalue weighted by atomic mass is 32.1. The Morgan fingerprint density at radius 1 is 1.12 bits per heavy atom. The van der Waals surface area contributed by atoms with Gasteiger partial charge in [-0.25, -0.2) is 0 Å². The van der Waals surface area contributed by atoms with Gasteiger partial charge >= 0.3 is 5.97 Å². The number of rotatable bonds is 14. The first-order valence-corrected chi connectivity index (χ1v) is 11.9. The maximum absolute atomic E-state index is 11.4. The minimum atomic E-state index is -0.892. The maximum Gasteiger partial charge on any atom is 0.303 e. The van der Waals surface area contributed by atoms with Gasteiger partial charge in [-0.15, -0.1) is 11.3 Å². The quantitative estimate of drug-likeness (QED) is 0.207. The van der Waals surface area contributed by atoms with Crippen LogP contribution in [0.3, 0.4) is 0 Å². The molecule has 2 rings (SSSR count). The highest BCUT2D eigenvalue weighted by Crippen LogP contribution is 2.29. The number of allylic oxidation sites excluding steroid dienone is 2. The number of aliphatic carboxylic acids is 1. The number of aliphatic hydroxyl groups excluding tert-OH is 2. The van der Waals surface area contributed by atoms with Gasteiger partial charge in [0.15, 0.2) is 0 Å². The van der Waals surface area contributed by atoms with Crippen LogP contribution in [0.25, 0.3) is 10.1 Å². The Balaban J connectivity index is 1.97. The molecular weight excluding hydrogens is 424 g/mol. The van der Waals surface area contributed by atoms with Crippen LogP contribution in [0.1, 0.15) is 50.8 Å². The zero-order valence-electron chi connectivity index (χ0n) is 18.8. The van der Waals surface area contributed by atoms with Crippen molar-refractivity contribution in [3.63, 3.8) is 0 Å². The minimum Gasteiger partial charge on any atom is -0.481 e. The second-order valence-corrected chi connectivity index (χ2v) is 9.96. The molecule has 174 valence electrons. The molecular formula is C26H34O5S. The molecule has 32 heavy (non-hydrogen) atoms. The van der Waals surface area contributed by atoms with Crippen LogP contribution in [0.15, 0.2) is 54.6 Å². The lowest BCUT2D eigenvalue weighted by Gasteiger charge is -2.30. The van der Waals surface area contributed by atoms with E-state index in [1.807, 2.05) is 30.4 Å². The first-order valence-electron chi connectivity index (χ1n) is 11.1. The highest BCUT2D eigenvalue weighted by molar-refractivity contribution is 7.19. The summed E-state index contributed by atoms with van der Waals surface area (Å²) in [6.45, 7) is 3.42. The molecule has 0 spiro atoms. The summed E-state index contributed by atoms with van der Waals surface area (Å²) in [6, 6.07) is 10.2. The summed E-state index contributed by atoms with van der Waals surface area (Å²) in [5.74, 6) is -1.08. The topological polar surface area (TPSA) is 94.8 Å². The van der Waals surface area contributed by atoms with Crippen molar-refractivity contribution in [2.45, 2.75) is 64.6 Å². The van der Waals surface area contributed by atoms with Gasteiger partial charge in [0.1, 0.15) is 6.29 Å². The maximum atomic E-state index is 11.4. The summed E-state index contributed by atoms with van der Waals surface area (Å²) >= 11 is 1.66. The van der Waals surface area contributed by atoms with E-state index in [1.54, 1.807) is 31.3 Å². The number of carbonyl (C=O) groups is 2. The predicted molar refractivity (Wildman–Crippen MR) is 130 cm³/mol. The fraction of sp³-hybridized carbons (Fsp3) is 0.462. The summed E-state index contributed by atoms with van der Waals surface area (Å²) in [4.78, 5) is 23.1. The Labute approximate surface area is 194 Å². The summed E-state index contributed by atoms with van der Waals surface area (Å²) in [5, 5.41) is 31.2. The van der Waals surface area contributed by atoms with Crippen molar-refractivity contribution in [3.8, 4) is 0 Å². The second-order valence-electron chi connectivity index (χ2n) is 8.79. The molecule has 1 aromatic carbocycles. The smallest absolute Gasteiger partial charge is 0.303 e. The van der Waals surface area contributed by atoms with Crippen LogP contribution in [0.2, 0.25) is 0 Å². The predicted octanol–water partition coefficient (Wildman–Crippen LogP) is 5.15. The zero-order chi connectivity index (χ0) is 23.6. The van der Waals surface area contributed by atoms with Crippen LogP contribution < -0.4 is 0 Å². The molecule has 6 heteroatoms. The van der Waals surface area contributed by atoms with Gasteiger partial charge in [0.05, 0.1) is 12.2 Å². The van der Waals surface area contributed by atoms with Crippen LogP contribution in [0, 0.1) is 11.3 Å². The SMILES string of the molecule is CC(C)(C=O)C(O)C(C=CC(O)Cc1cc2ccccc2s1)CCC=CCCCC(=O)O. The summed E-state index contributed by atoms with van der Waals surface area (Å²) in [7, 11) is 0. The van der Waals surface area contributed by atoms with E-state index in [0.717, 1.165) is 11.2 Å². The molecule has 0 radical (unpaired) electrons. The van der Waals surface area contributed by atoms with Crippen molar-refractivity contribution in [2.24, 2.45) is 11.3 Å². The van der Waals surface area contributed by atoms with Crippen molar-refractivity contribution >= 4 is 33.7 Å². The lowest BCUT2D eigenvalue weighted by molar-refractivity contribution is -0.137. The summed E-state index contributed by atoms with van der Waals surface area (Å²) in [5.41, 5.74) is -0.892. The number of benzene rings is 1. The third-order valence-electron chi connectivity index (χ3n) is 5.53. The normalized spacial score (nSPS) is 15.4. The van der Waals surface area contributed by atoms with Crippen molar-refractivity contribution in [1.82, 2.24) is 0 Å². The van der Waals surface area contributed by atoms with E-state index in [0.29, 0.717) is 32.1 Å². The molecule has 1 aromatic heterocycles. The number of aliphatic hydroxyl groups is 2. The molecule has 3 unspecified atom stereocenters.